The van der Waals surface area contributed by atoms with Crippen molar-refractivity contribution >= 4 is 22.3 Å². The summed E-state index contributed by atoms with van der Waals surface area (Å²) in [5.74, 6) is -0.444. The van der Waals surface area contributed by atoms with Gasteiger partial charge >= 0.3 is 11.0 Å². The first kappa shape index (κ1) is 9.66. The molecule has 0 radical (unpaired) electrons. The summed E-state index contributed by atoms with van der Waals surface area (Å²) in [5, 5.41) is 12.0. The van der Waals surface area contributed by atoms with Gasteiger partial charge in [0.2, 0.25) is 0 Å². The number of hydrogen-bond acceptors (Lipinski definition) is 5. The van der Waals surface area contributed by atoms with Crippen LogP contribution in [0.25, 0.3) is 0 Å². The number of hydrogen-bond donors (Lipinski definition) is 0. The highest BCUT2D eigenvalue weighted by molar-refractivity contribution is 7.13. The Kier molecular flexibility index (Phi) is 2.97. The average Bonchev–Trinajstić information content (AvgIpc) is 2.47. The number of thiophene rings is 1. The summed E-state index contributed by atoms with van der Waals surface area (Å²) in [6.45, 7) is 1.23. The Morgan fingerprint density at radius 1 is 1.77 bits per heavy atom. The Balaban J connectivity index is 2.71. The summed E-state index contributed by atoms with van der Waals surface area (Å²) in [5.41, 5.74) is 0.435. The fourth-order valence-electron chi connectivity index (χ4n) is 0.777. The zero-order valence-electron chi connectivity index (χ0n) is 6.85. The highest BCUT2D eigenvalue weighted by atomic mass is 32.1. The first-order valence-electron chi connectivity index (χ1n) is 3.45. The van der Waals surface area contributed by atoms with Crippen LogP contribution in [0.3, 0.4) is 0 Å². The van der Waals surface area contributed by atoms with Gasteiger partial charge in [-0.15, -0.1) is 0 Å². The molecule has 0 aliphatic carbocycles. The van der Waals surface area contributed by atoms with E-state index < -0.39 is 10.9 Å². The largest absolute Gasteiger partial charge is 0.461 e. The SMILES string of the molecule is CC(=O)OCc1ccsc1[N+](=O)[O-]. The van der Waals surface area contributed by atoms with Gasteiger partial charge in [0, 0.05) is 6.92 Å². The smallest absolute Gasteiger partial charge is 0.330 e. The second-order valence-corrected chi connectivity index (χ2v) is 3.18. The molecular formula is C7H7NO4S. The van der Waals surface area contributed by atoms with Crippen LogP contribution in [0.5, 0.6) is 0 Å². The van der Waals surface area contributed by atoms with Crippen LogP contribution in [-0.2, 0) is 16.1 Å². The highest BCUT2D eigenvalue weighted by Crippen LogP contribution is 2.25. The molecule has 0 bridgehead atoms. The Labute approximate surface area is 78.1 Å². The molecule has 0 spiro atoms. The highest BCUT2D eigenvalue weighted by Gasteiger charge is 2.15. The zero-order valence-corrected chi connectivity index (χ0v) is 7.67. The quantitative estimate of drug-likeness (QED) is 0.424. The number of carbonyl (C=O) groups is 1. The number of nitro groups is 1. The van der Waals surface area contributed by atoms with E-state index in [4.69, 9.17) is 0 Å². The zero-order chi connectivity index (χ0) is 9.84. The number of carbonyl (C=O) groups excluding carboxylic acids is 1. The van der Waals surface area contributed by atoms with Gasteiger partial charge in [-0.25, -0.2) is 0 Å². The maximum absolute atomic E-state index is 10.4. The monoisotopic (exact) mass is 201 g/mol. The van der Waals surface area contributed by atoms with Crippen LogP contribution in [0.15, 0.2) is 11.4 Å². The van der Waals surface area contributed by atoms with Gasteiger partial charge in [-0.2, -0.15) is 0 Å². The van der Waals surface area contributed by atoms with Gasteiger partial charge in [0.1, 0.15) is 6.61 Å². The molecule has 13 heavy (non-hydrogen) atoms. The Hall–Kier alpha value is -1.43. The summed E-state index contributed by atoms with van der Waals surface area (Å²) < 4.78 is 4.64. The molecule has 0 amide bonds. The third-order valence-electron chi connectivity index (χ3n) is 1.32. The molecule has 0 saturated heterocycles. The standard InChI is InChI=1S/C7H7NO4S/c1-5(9)12-4-6-2-3-13-7(6)8(10)11/h2-3H,4H2,1H3. The lowest BCUT2D eigenvalue weighted by Crippen LogP contribution is -1.99. The van der Waals surface area contributed by atoms with E-state index in [0.717, 1.165) is 11.3 Å². The normalized spacial score (nSPS) is 9.62. The number of rotatable bonds is 3. The van der Waals surface area contributed by atoms with Crippen molar-refractivity contribution in [2.45, 2.75) is 13.5 Å². The third-order valence-corrected chi connectivity index (χ3v) is 2.23. The van der Waals surface area contributed by atoms with E-state index in [0.29, 0.717) is 5.56 Å². The van der Waals surface area contributed by atoms with Crippen molar-refractivity contribution in [3.05, 3.63) is 27.1 Å². The van der Waals surface area contributed by atoms with Gasteiger partial charge < -0.3 is 4.74 Å². The molecule has 0 fully saturated rings. The van der Waals surface area contributed by atoms with Crippen molar-refractivity contribution in [1.82, 2.24) is 0 Å². The minimum atomic E-state index is -0.483. The van der Waals surface area contributed by atoms with Crippen molar-refractivity contribution < 1.29 is 14.5 Å². The molecular weight excluding hydrogens is 194 g/mol. The third kappa shape index (κ3) is 2.51. The molecule has 1 aromatic heterocycles. The molecule has 0 atom stereocenters. The van der Waals surface area contributed by atoms with E-state index in [2.05, 4.69) is 4.74 Å². The number of esters is 1. The molecule has 0 aliphatic rings. The van der Waals surface area contributed by atoms with Gasteiger partial charge in [0.25, 0.3) is 0 Å². The summed E-state index contributed by atoms with van der Waals surface area (Å²) >= 11 is 1.02. The first-order valence-corrected chi connectivity index (χ1v) is 4.33. The minimum absolute atomic E-state index is 0.0289. The molecule has 0 aromatic carbocycles. The summed E-state index contributed by atoms with van der Waals surface area (Å²) in [6.07, 6.45) is 0. The predicted octanol–water partition coefficient (Wildman–Crippen LogP) is 1.72. The van der Waals surface area contributed by atoms with Crippen LogP contribution in [0, 0.1) is 10.1 Å². The molecule has 0 saturated carbocycles. The van der Waals surface area contributed by atoms with E-state index in [1.807, 2.05) is 0 Å². The lowest BCUT2D eigenvalue weighted by Gasteiger charge is -1.97. The van der Waals surface area contributed by atoms with Crippen molar-refractivity contribution in [1.29, 1.82) is 0 Å². The van der Waals surface area contributed by atoms with Crippen molar-refractivity contribution in [2.24, 2.45) is 0 Å². The van der Waals surface area contributed by atoms with Crippen LogP contribution in [0.2, 0.25) is 0 Å². The van der Waals surface area contributed by atoms with Crippen LogP contribution in [0.4, 0.5) is 5.00 Å². The topological polar surface area (TPSA) is 69.4 Å². The first-order chi connectivity index (χ1) is 6.11. The molecule has 6 heteroatoms. The predicted molar refractivity (Wildman–Crippen MR) is 46.4 cm³/mol. The molecule has 0 N–H and O–H groups in total. The Morgan fingerprint density at radius 3 is 3.00 bits per heavy atom. The van der Waals surface area contributed by atoms with Gasteiger partial charge in [0.15, 0.2) is 0 Å². The van der Waals surface area contributed by atoms with Gasteiger partial charge in [-0.05, 0) is 11.4 Å². The minimum Gasteiger partial charge on any atom is -0.461 e. The van der Waals surface area contributed by atoms with Gasteiger partial charge in [0.05, 0.1) is 10.5 Å². The molecule has 1 heterocycles. The van der Waals surface area contributed by atoms with Crippen molar-refractivity contribution in [3.63, 3.8) is 0 Å². The fraction of sp³-hybridized carbons (Fsp3) is 0.286. The van der Waals surface area contributed by atoms with Gasteiger partial charge in [-0.3, -0.25) is 14.9 Å². The van der Waals surface area contributed by atoms with Crippen molar-refractivity contribution in [3.8, 4) is 0 Å². The summed E-state index contributed by atoms with van der Waals surface area (Å²) in [6, 6.07) is 1.58. The summed E-state index contributed by atoms with van der Waals surface area (Å²) in [7, 11) is 0. The molecule has 1 rings (SSSR count). The average molecular weight is 201 g/mol. The molecule has 5 nitrogen and oxygen atoms in total. The second kappa shape index (κ2) is 3.99. The number of ether oxygens (including phenoxy) is 1. The van der Waals surface area contributed by atoms with Crippen LogP contribution in [0.1, 0.15) is 12.5 Å². The van der Waals surface area contributed by atoms with E-state index in [1.165, 1.54) is 6.92 Å². The van der Waals surface area contributed by atoms with E-state index in [-0.39, 0.29) is 11.6 Å². The van der Waals surface area contributed by atoms with E-state index in [1.54, 1.807) is 11.4 Å². The van der Waals surface area contributed by atoms with E-state index in [9.17, 15) is 14.9 Å². The Bertz CT molecular complexity index is 333. The van der Waals surface area contributed by atoms with E-state index >= 15 is 0 Å². The van der Waals surface area contributed by atoms with Gasteiger partial charge in [-0.1, -0.05) is 11.3 Å². The van der Waals surface area contributed by atoms with Crippen LogP contribution >= 0.6 is 11.3 Å². The van der Waals surface area contributed by atoms with Crippen molar-refractivity contribution in [2.75, 3.05) is 0 Å². The lowest BCUT2D eigenvalue weighted by molar-refractivity contribution is -0.381. The maximum atomic E-state index is 10.4. The number of nitrogens with zero attached hydrogens (tertiary/aromatic N) is 1. The molecule has 1 aromatic rings. The maximum Gasteiger partial charge on any atom is 0.330 e. The van der Waals surface area contributed by atoms with Crippen LogP contribution in [-0.4, -0.2) is 10.9 Å². The molecule has 70 valence electrons. The molecule has 0 aliphatic heterocycles. The van der Waals surface area contributed by atoms with Crippen LogP contribution < -0.4 is 0 Å². The Morgan fingerprint density at radius 2 is 2.46 bits per heavy atom. The fourth-order valence-corrected chi connectivity index (χ4v) is 1.50. The summed E-state index contributed by atoms with van der Waals surface area (Å²) in [4.78, 5) is 20.4. The lowest BCUT2D eigenvalue weighted by atomic mass is 10.3. The second-order valence-electron chi connectivity index (χ2n) is 2.29. The molecule has 0 unspecified atom stereocenters.